The Morgan fingerprint density at radius 1 is 1.53 bits per heavy atom. The molecule has 0 amide bonds. The van der Waals surface area contributed by atoms with Gasteiger partial charge in [-0.15, -0.1) is 11.3 Å². The molecule has 1 N–H and O–H groups in total. The minimum Gasteiger partial charge on any atom is -0.464 e. The lowest BCUT2D eigenvalue weighted by molar-refractivity contribution is 0.437. The predicted molar refractivity (Wildman–Crippen MR) is 76.0 cm³/mol. The second-order valence-electron chi connectivity index (χ2n) is 3.71. The molecular weight excluding hydrogens is 322 g/mol. The van der Waals surface area contributed by atoms with Crippen LogP contribution in [0.3, 0.4) is 0 Å². The van der Waals surface area contributed by atoms with Gasteiger partial charge in [0.15, 0.2) is 0 Å². The van der Waals surface area contributed by atoms with Crippen molar-refractivity contribution >= 4 is 38.9 Å². The molecule has 0 saturated carbocycles. The van der Waals surface area contributed by atoms with Crippen molar-refractivity contribution in [1.29, 1.82) is 0 Å². The van der Waals surface area contributed by atoms with Crippen LogP contribution in [0.2, 0.25) is 4.34 Å². The molecule has 0 radical (unpaired) electrons. The van der Waals surface area contributed by atoms with Gasteiger partial charge in [-0.2, -0.15) is 0 Å². The normalized spacial score (nSPS) is 12.9. The van der Waals surface area contributed by atoms with Gasteiger partial charge in [-0.1, -0.05) is 18.5 Å². The Bertz CT molecular complexity index is 489. The highest BCUT2D eigenvalue weighted by Crippen LogP contribution is 2.37. The van der Waals surface area contributed by atoms with E-state index in [0.717, 1.165) is 31.8 Å². The maximum Gasteiger partial charge on any atom is 0.126 e. The summed E-state index contributed by atoms with van der Waals surface area (Å²) in [5, 5.41) is 3.41. The summed E-state index contributed by atoms with van der Waals surface area (Å²) in [6, 6.07) is 6.09. The largest absolute Gasteiger partial charge is 0.464 e. The number of halogens is 2. The van der Waals surface area contributed by atoms with Gasteiger partial charge < -0.3 is 9.73 Å². The van der Waals surface area contributed by atoms with E-state index in [1.165, 1.54) is 0 Å². The zero-order valence-electron chi connectivity index (χ0n) is 9.59. The first-order chi connectivity index (χ1) is 8.11. The predicted octanol–water partition coefficient (Wildman–Crippen LogP) is 4.76. The van der Waals surface area contributed by atoms with E-state index in [2.05, 4.69) is 28.2 Å². The fourth-order valence-corrected chi connectivity index (χ4v) is 3.48. The lowest BCUT2D eigenvalue weighted by atomic mass is 10.2. The maximum atomic E-state index is 6.08. The molecule has 0 aliphatic heterocycles. The molecule has 5 heteroatoms. The number of hydrogen-bond acceptors (Lipinski definition) is 3. The number of nitrogens with one attached hydrogen (secondary N) is 1. The van der Waals surface area contributed by atoms with Crippen LogP contribution in [0.5, 0.6) is 0 Å². The second kappa shape index (κ2) is 5.57. The van der Waals surface area contributed by atoms with Crippen LogP contribution in [0, 0.1) is 6.92 Å². The van der Waals surface area contributed by atoms with Crippen molar-refractivity contribution in [2.75, 3.05) is 6.54 Å². The first-order valence-electron chi connectivity index (χ1n) is 5.36. The van der Waals surface area contributed by atoms with Crippen LogP contribution < -0.4 is 5.32 Å². The zero-order chi connectivity index (χ0) is 12.4. The average Bonchev–Trinajstić information content (AvgIpc) is 2.83. The van der Waals surface area contributed by atoms with E-state index >= 15 is 0 Å². The number of aryl methyl sites for hydroxylation is 1. The van der Waals surface area contributed by atoms with Gasteiger partial charge in [-0.3, -0.25) is 0 Å². The van der Waals surface area contributed by atoms with Gasteiger partial charge in [-0.05, 0) is 47.6 Å². The zero-order valence-corrected chi connectivity index (χ0v) is 12.7. The lowest BCUT2D eigenvalue weighted by Gasteiger charge is -2.13. The summed E-state index contributed by atoms with van der Waals surface area (Å²) >= 11 is 11.1. The number of thiophene rings is 1. The van der Waals surface area contributed by atoms with E-state index in [9.17, 15) is 0 Å². The average molecular weight is 335 g/mol. The molecule has 0 spiro atoms. The van der Waals surface area contributed by atoms with Gasteiger partial charge in [0, 0.05) is 9.35 Å². The fraction of sp³-hybridized carbons (Fsp3) is 0.333. The Balaban J connectivity index is 2.34. The van der Waals surface area contributed by atoms with Crippen LogP contribution in [0.4, 0.5) is 0 Å². The van der Waals surface area contributed by atoms with Crippen molar-refractivity contribution in [2.24, 2.45) is 0 Å². The molecule has 2 nitrogen and oxygen atoms in total. The van der Waals surface area contributed by atoms with Crippen LogP contribution in [0.15, 0.2) is 27.1 Å². The molecule has 1 atom stereocenters. The number of rotatable bonds is 4. The third kappa shape index (κ3) is 2.94. The van der Waals surface area contributed by atoms with Gasteiger partial charge in [0.2, 0.25) is 0 Å². The van der Waals surface area contributed by atoms with Crippen molar-refractivity contribution in [3.8, 4) is 0 Å². The SMILES string of the molecule is CCNC(c1ccc(C)o1)c1cc(Br)c(Cl)s1. The minimum atomic E-state index is 0.0718. The fourth-order valence-electron chi connectivity index (χ4n) is 1.66. The summed E-state index contributed by atoms with van der Waals surface area (Å²) in [7, 11) is 0. The van der Waals surface area contributed by atoms with E-state index < -0.39 is 0 Å². The van der Waals surface area contributed by atoms with Crippen LogP contribution in [-0.2, 0) is 0 Å². The van der Waals surface area contributed by atoms with E-state index in [1.54, 1.807) is 11.3 Å². The minimum absolute atomic E-state index is 0.0718. The van der Waals surface area contributed by atoms with Crippen molar-refractivity contribution in [2.45, 2.75) is 19.9 Å². The Kier molecular flexibility index (Phi) is 4.31. The summed E-state index contributed by atoms with van der Waals surface area (Å²) < 4.78 is 7.39. The molecular formula is C12H13BrClNOS. The smallest absolute Gasteiger partial charge is 0.126 e. The van der Waals surface area contributed by atoms with Crippen LogP contribution in [0.25, 0.3) is 0 Å². The molecule has 2 heterocycles. The highest BCUT2D eigenvalue weighted by molar-refractivity contribution is 9.10. The summed E-state index contributed by atoms with van der Waals surface area (Å²) in [6.45, 7) is 4.90. The van der Waals surface area contributed by atoms with Crippen LogP contribution in [0.1, 0.15) is 29.4 Å². The molecule has 0 bridgehead atoms. The van der Waals surface area contributed by atoms with E-state index in [0.29, 0.717) is 0 Å². The van der Waals surface area contributed by atoms with Gasteiger partial charge in [0.05, 0.1) is 0 Å². The maximum absolute atomic E-state index is 6.08. The van der Waals surface area contributed by atoms with Crippen molar-refractivity contribution in [3.05, 3.63) is 43.4 Å². The quantitative estimate of drug-likeness (QED) is 0.871. The first kappa shape index (κ1) is 13.1. The molecule has 17 heavy (non-hydrogen) atoms. The van der Waals surface area contributed by atoms with Crippen molar-refractivity contribution in [1.82, 2.24) is 5.32 Å². The van der Waals surface area contributed by atoms with E-state index in [1.807, 2.05) is 25.1 Å². The van der Waals surface area contributed by atoms with Gasteiger partial charge in [-0.25, -0.2) is 0 Å². The van der Waals surface area contributed by atoms with Crippen LogP contribution >= 0.6 is 38.9 Å². The van der Waals surface area contributed by atoms with Crippen molar-refractivity contribution < 1.29 is 4.42 Å². The van der Waals surface area contributed by atoms with E-state index in [4.69, 9.17) is 16.0 Å². The Hall–Kier alpha value is -0.290. The van der Waals surface area contributed by atoms with Gasteiger partial charge >= 0.3 is 0 Å². The molecule has 2 aromatic heterocycles. The Morgan fingerprint density at radius 2 is 2.29 bits per heavy atom. The topological polar surface area (TPSA) is 25.2 Å². The standard InChI is InChI=1S/C12H13BrClNOS/c1-3-15-11(9-5-4-7(2)16-9)10-6-8(13)12(14)17-10/h4-6,11,15H,3H2,1-2H3. The second-order valence-corrected chi connectivity index (χ2v) is 6.25. The Labute approximate surface area is 118 Å². The molecule has 0 saturated heterocycles. The molecule has 0 aromatic carbocycles. The first-order valence-corrected chi connectivity index (χ1v) is 7.35. The summed E-state index contributed by atoms with van der Waals surface area (Å²) in [6.07, 6.45) is 0. The molecule has 2 rings (SSSR count). The molecule has 1 unspecified atom stereocenters. The number of hydrogen-bond donors (Lipinski definition) is 1. The molecule has 2 aromatic rings. The third-order valence-electron chi connectivity index (χ3n) is 2.40. The summed E-state index contributed by atoms with van der Waals surface area (Å²) in [5.41, 5.74) is 0. The number of furan rings is 1. The summed E-state index contributed by atoms with van der Waals surface area (Å²) in [4.78, 5) is 1.15. The Morgan fingerprint density at radius 3 is 2.76 bits per heavy atom. The molecule has 0 aliphatic carbocycles. The van der Waals surface area contributed by atoms with Gasteiger partial charge in [0.1, 0.15) is 21.9 Å². The monoisotopic (exact) mass is 333 g/mol. The lowest BCUT2D eigenvalue weighted by Crippen LogP contribution is -2.20. The molecule has 92 valence electrons. The highest BCUT2D eigenvalue weighted by Gasteiger charge is 2.19. The van der Waals surface area contributed by atoms with Crippen LogP contribution in [-0.4, -0.2) is 6.54 Å². The molecule has 0 aliphatic rings. The highest BCUT2D eigenvalue weighted by atomic mass is 79.9. The van der Waals surface area contributed by atoms with Gasteiger partial charge in [0.25, 0.3) is 0 Å². The molecule has 0 fully saturated rings. The summed E-state index contributed by atoms with van der Waals surface area (Å²) in [5.74, 6) is 1.85. The van der Waals surface area contributed by atoms with E-state index in [-0.39, 0.29) is 6.04 Å². The third-order valence-corrected chi connectivity index (χ3v) is 4.94. The van der Waals surface area contributed by atoms with Crippen molar-refractivity contribution in [3.63, 3.8) is 0 Å².